The second-order valence-electron chi connectivity index (χ2n) is 10.5. The Morgan fingerprint density at radius 2 is 1.89 bits per heavy atom. The van der Waals surface area contributed by atoms with E-state index in [0.29, 0.717) is 18.4 Å². The number of rotatable bonds is 8. The lowest BCUT2D eigenvalue weighted by Crippen LogP contribution is -2.35. The monoisotopic (exact) mass is 511 g/mol. The van der Waals surface area contributed by atoms with Gasteiger partial charge in [0.2, 0.25) is 11.9 Å². The Labute approximate surface area is 222 Å². The summed E-state index contributed by atoms with van der Waals surface area (Å²) in [6.07, 6.45) is 11.6. The second kappa shape index (κ2) is 10.4. The van der Waals surface area contributed by atoms with E-state index >= 15 is 0 Å². The summed E-state index contributed by atoms with van der Waals surface area (Å²) in [5.41, 5.74) is 4.86. The number of pyridine rings is 1. The maximum absolute atomic E-state index is 12.3. The van der Waals surface area contributed by atoms with Crippen molar-refractivity contribution in [2.45, 2.75) is 57.3 Å². The van der Waals surface area contributed by atoms with Crippen LogP contribution in [-0.2, 0) is 16.1 Å². The predicted octanol–water partition coefficient (Wildman–Crippen LogP) is 3.05. The van der Waals surface area contributed by atoms with Gasteiger partial charge < -0.3 is 16.0 Å². The van der Waals surface area contributed by atoms with Gasteiger partial charge >= 0.3 is 0 Å². The maximum atomic E-state index is 12.3. The lowest BCUT2D eigenvalue weighted by atomic mass is 10.0. The molecule has 3 aromatic rings. The molecule has 38 heavy (non-hydrogen) atoms. The van der Waals surface area contributed by atoms with Crippen molar-refractivity contribution >= 4 is 23.4 Å². The van der Waals surface area contributed by atoms with E-state index in [1.165, 1.54) is 5.56 Å². The molecule has 1 unspecified atom stereocenters. The van der Waals surface area contributed by atoms with Gasteiger partial charge in [-0.05, 0) is 48.9 Å². The molecule has 6 rings (SSSR count). The topological polar surface area (TPSA) is 104 Å². The van der Waals surface area contributed by atoms with Crippen molar-refractivity contribution < 1.29 is 9.59 Å². The third kappa shape index (κ3) is 5.62. The van der Waals surface area contributed by atoms with Gasteiger partial charge in [-0.2, -0.15) is 4.98 Å². The zero-order valence-electron chi connectivity index (χ0n) is 21.6. The molecule has 3 aliphatic rings. The van der Waals surface area contributed by atoms with Gasteiger partial charge in [-0.15, -0.1) is 5.10 Å². The Kier molecular flexibility index (Phi) is 6.68. The molecular formula is C29H33N7O2. The highest BCUT2D eigenvalue weighted by Gasteiger charge is 2.25. The van der Waals surface area contributed by atoms with E-state index in [9.17, 15) is 9.59 Å². The number of fused-ring (bicyclic) bond motifs is 1. The van der Waals surface area contributed by atoms with E-state index in [2.05, 4.69) is 56.3 Å². The van der Waals surface area contributed by atoms with Crippen molar-refractivity contribution in [1.82, 2.24) is 30.1 Å². The molecule has 3 heterocycles. The zero-order valence-corrected chi connectivity index (χ0v) is 21.6. The van der Waals surface area contributed by atoms with E-state index in [1.807, 2.05) is 30.5 Å². The number of aromatic nitrogens is 3. The van der Waals surface area contributed by atoms with Crippen LogP contribution in [0.3, 0.4) is 0 Å². The number of nitrogens with zero attached hydrogens (tertiary/aromatic N) is 4. The molecule has 2 amide bonds. The van der Waals surface area contributed by atoms with Crippen LogP contribution >= 0.6 is 0 Å². The lowest BCUT2D eigenvalue weighted by Gasteiger charge is -2.16. The molecular weight excluding hydrogens is 478 g/mol. The fourth-order valence-corrected chi connectivity index (χ4v) is 5.18. The molecule has 0 spiro atoms. The molecule has 9 heteroatoms. The first-order chi connectivity index (χ1) is 18.5. The van der Waals surface area contributed by atoms with Crippen LogP contribution in [0.5, 0.6) is 0 Å². The Balaban J connectivity index is 1.10. The third-order valence-electron chi connectivity index (χ3n) is 7.30. The van der Waals surface area contributed by atoms with Crippen molar-refractivity contribution in [2.75, 3.05) is 18.4 Å². The molecule has 196 valence electrons. The summed E-state index contributed by atoms with van der Waals surface area (Å²) >= 11 is 0. The molecule has 0 bridgehead atoms. The lowest BCUT2D eigenvalue weighted by molar-refractivity contribution is -0.119. The molecule has 1 aromatic carbocycles. The van der Waals surface area contributed by atoms with Crippen molar-refractivity contribution in [2.24, 2.45) is 0 Å². The molecule has 1 saturated carbocycles. The average Bonchev–Trinajstić information content (AvgIpc) is 3.46. The summed E-state index contributed by atoms with van der Waals surface area (Å²) in [5, 5.41) is 14.1. The van der Waals surface area contributed by atoms with Crippen LogP contribution in [0, 0.1) is 0 Å². The second-order valence-corrected chi connectivity index (χ2v) is 10.5. The average molecular weight is 512 g/mol. The first-order valence-electron chi connectivity index (χ1n) is 13.4. The van der Waals surface area contributed by atoms with E-state index in [1.54, 1.807) is 11.4 Å². The Hall–Kier alpha value is -3.98. The van der Waals surface area contributed by atoms with Gasteiger partial charge in [-0.3, -0.25) is 14.5 Å². The number of nitrogens with one attached hydrogen (secondary N) is 3. The van der Waals surface area contributed by atoms with E-state index in [0.717, 1.165) is 61.2 Å². The van der Waals surface area contributed by atoms with Crippen LogP contribution in [0.2, 0.25) is 0 Å². The molecule has 1 saturated heterocycles. The van der Waals surface area contributed by atoms with E-state index < -0.39 is 0 Å². The van der Waals surface area contributed by atoms with Crippen molar-refractivity contribution in [3.8, 4) is 11.1 Å². The van der Waals surface area contributed by atoms with Gasteiger partial charge in [0.25, 0.3) is 5.91 Å². The van der Waals surface area contributed by atoms with Crippen molar-refractivity contribution in [1.29, 1.82) is 0 Å². The number of hydrogen-bond acceptors (Lipinski definition) is 6. The molecule has 2 aromatic heterocycles. The molecule has 3 N–H and O–H groups in total. The highest BCUT2D eigenvalue weighted by Crippen LogP contribution is 2.26. The Bertz CT molecular complexity index is 1400. The first kappa shape index (κ1) is 24.4. The molecule has 2 fully saturated rings. The minimum atomic E-state index is 0.0123. The molecule has 0 radical (unpaired) electrons. The normalized spacial score (nSPS) is 21.3. The van der Waals surface area contributed by atoms with Gasteiger partial charge in [0, 0.05) is 56.0 Å². The molecule has 2 atom stereocenters. The number of carbonyl (C=O) groups excluding carboxylic acids is 2. The standard InChI is InChI=1S/C29H33N7O2/c1-19(37)30-25-14-16-35(18-25)17-20-4-6-21(7-5-20)26-3-2-15-36-27(26)33-29(34-36)32-24-10-8-22(9-11-24)28(38)31-23-12-13-23/h2-10,15,23-25H,11-14,16-18H2,1H3,(H,30,37)(H,31,38)(H,32,34)/t24?,25-/m0/s1. The van der Waals surface area contributed by atoms with Crippen molar-refractivity contribution in [3.05, 3.63) is 72.0 Å². The van der Waals surface area contributed by atoms with E-state index in [-0.39, 0.29) is 23.9 Å². The minimum Gasteiger partial charge on any atom is -0.352 e. The molecule has 9 nitrogen and oxygen atoms in total. The summed E-state index contributed by atoms with van der Waals surface area (Å²) in [4.78, 5) is 30.8. The van der Waals surface area contributed by atoms with Crippen LogP contribution in [0.1, 0.15) is 38.2 Å². The largest absolute Gasteiger partial charge is 0.352 e. The number of likely N-dealkylation sites (tertiary alicyclic amines) is 1. The Morgan fingerprint density at radius 3 is 2.63 bits per heavy atom. The van der Waals surface area contributed by atoms with Crippen LogP contribution in [0.4, 0.5) is 5.95 Å². The number of amides is 2. The van der Waals surface area contributed by atoms with Crippen molar-refractivity contribution in [3.63, 3.8) is 0 Å². The smallest absolute Gasteiger partial charge is 0.251 e. The fourth-order valence-electron chi connectivity index (χ4n) is 5.18. The van der Waals surface area contributed by atoms with Crippen LogP contribution in [-0.4, -0.2) is 62.5 Å². The van der Waals surface area contributed by atoms with Crippen LogP contribution < -0.4 is 16.0 Å². The van der Waals surface area contributed by atoms with Gasteiger partial charge in [-0.1, -0.05) is 42.5 Å². The number of hydrogen-bond donors (Lipinski definition) is 3. The highest BCUT2D eigenvalue weighted by atomic mass is 16.2. The summed E-state index contributed by atoms with van der Waals surface area (Å²) in [5.74, 6) is 0.612. The zero-order chi connectivity index (χ0) is 26.1. The molecule has 1 aliphatic heterocycles. The summed E-state index contributed by atoms with van der Waals surface area (Å²) in [6.45, 7) is 4.32. The maximum Gasteiger partial charge on any atom is 0.251 e. The van der Waals surface area contributed by atoms with Gasteiger partial charge in [0.05, 0.1) is 6.04 Å². The van der Waals surface area contributed by atoms with Crippen LogP contribution in [0.25, 0.3) is 16.8 Å². The fraction of sp³-hybridized carbons (Fsp3) is 0.379. The number of benzene rings is 1. The van der Waals surface area contributed by atoms with Gasteiger partial charge in [0.1, 0.15) is 0 Å². The summed E-state index contributed by atoms with van der Waals surface area (Å²) in [6, 6.07) is 13.3. The third-order valence-corrected chi connectivity index (χ3v) is 7.30. The number of carbonyl (C=O) groups is 2. The van der Waals surface area contributed by atoms with Gasteiger partial charge in [0.15, 0.2) is 5.65 Å². The number of anilines is 1. The highest BCUT2D eigenvalue weighted by molar-refractivity contribution is 5.96. The van der Waals surface area contributed by atoms with E-state index in [4.69, 9.17) is 4.98 Å². The van der Waals surface area contributed by atoms with Gasteiger partial charge in [-0.25, -0.2) is 4.52 Å². The SMILES string of the molecule is CC(=O)N[C@H]1CCN(Cc2ccc(-c3cccn4nc(NC5C=CC(C(=O)NC6CC6)=CC5)nc34)cc2)C1. The summed E-state index contributed by atoms with van der Waals surface area (Å²) < 4.78 is 1.80. The quantitative estimate of drug-likeness (QED) is 0.430. The first-order valence-corrected chi connectivity index (χ1v) is 13.4. The Morgan fingerprint density at radius 1 is 1.05 bits per heavy atom. The van der Waals surface area contributed by atoms with Crippen LogP contribution in [0.15, 0.2) is 66.4 Å². The predicted molar refractivity (Wildman–Crippen MR) is 146 cm³/mol. The summed E-state index contributed by atoms with van der Waals surface area (Å²) in [7, 11) is 0. The minimum absolute atomic E-state index is 0.0123. The molecule has 2 aliphatic carbocycles.